The monoisotopic (exact) mass is 328 g/mol. The highest BCUT2D eigenvalue weighted by atomic mass is 32.2. The van der Waals surface area contributed by atoms with Gasteiger partial charge in [-0.3, -0.25) is 5.10 Å². The third-order valence-corrected chi connectivity index (χ3v) is 5.22. The van der Waals surface area contributed by atoms with Gasteiger partial charge in [-0.2, -0.15) is 5.10 Å². The van der Waals surface area contributed by atoms with E-state index in [2.05, 4.69) is 10.2 Å². The number of nitrogens with zero attached hydrogens (tertiary/aromatic N) is 1. The van der Waals surface area contributed by atoms with Gasteiger partial charge < -0.3 is 4.74 Å². The lowest BCUT2D eigenvalue weighted by Crippen LogP contribution is -2.05. The smallest absolute Gasteiger partial charge is 0.182 e. The molecule has 0 saturated carbocycles. The molecule has 0 bridgehead atoms. The molecule has 1 aromatic heterocycles. The summed E-state index contributed by atoms with van der Waals surface area (Å²) < 4.78 is 30.3. The van der Waals surface area contributed by atoms with Gasteiger partial charge in [-0.25, -0.2) is 8.42 Å². The van der Waals surface area contributed by atoms with Gasteiger partial charge in [0.05, 0.1) is 23.5 Å². The standard InChI is InChI=1S/C17H16N2O3S/c1-22-17-11-13(7-8-15(17)16-9-10-18-19-16)12-23(20,21)14-5-3-2-4-6-14/h2-11H,12H2,1H3,(H,18,19). The summed E-state index contributed by atoms with van der Waals surface area (Å²) in [7, 11) is -1.82. The lowest BCUT2D eigenvalue weighted by atomic mass is 10.1. The predicted octanol–water partition coefficient (Wildman–Crippen LogP) is 3.06. The van der Waals surface area contributed by atoms with E-state index >= 15 is 0 Å². The van der Waals surface area contributed by atoms with E-state index in [-0.39, 0.29) is 5.75 Å². The summed E-state index contributed by atoms with van der Waals surface area (Å²) in [5, 5.41) is 6.79. The van der Waals surface area contributed by atoms with Gasteiger partial charge >= 0.3 is 0 Å². The van der Waals surface area contributed by atoms with Crippen molar-refractivity contribution < 1.29 is 13.2 Å². The lowest BCUT2D eigenvalue weighted by molar-refractivity contribution is 0.416. The molecule has 0 amide bonds. The number of rotatable bonds is 5. The number of hydrogen-bond acceptors (Lipinski definition) is 4. The molecule has 5 nitrogen and oxygen atoms in total. The van der Waals surface area contributed by atoms with Crippen LogP contribution < -0.4 is 4.74 Å². The fourth-order valence-corrected chi connectivity index (χ4v) is 3.74. The van der Waals surface area contributed by atoms with E-state index in [9.17, 15) is 8.42 Å². The molecule has 0 atom stereocenters. The molecule has 0 saturated heterocycles. The molecule has 1 N–H and O–H groups in total. The highest BCUT2D eigenvalue weighted by molar-refractivity contribution is 7.90. The van der Waals surface area contributed by atoms with Crippen LogP contribution in [0.15, 0.2) is 65.7 Å². The average Bonchev–Trinajstić information content (AvgIpc) is 3.09. The predicted molar refractivity (Wildman–Crippen MR) is 87.9 cm³/mol. The Bertz CT molecular complexity index is 889. The Morgan fingerprint density at radius 2 is 1.87 bits per heavy atom. The highest BCUT2D eigenvalue weighted by Gasteiger charge is 2.16. The zero-order valence-corrected chi connectivity index (χ0v) is 13.4. The summed E-state index contributed by atoms with van der Waals surface area (Å²) >= 11 is 0. The number of nitrogens with one attached hydrogen (secondary N) is 1. The van der Waals surface area contributed by atoms with Gasteiger partial charge in [-0.15, -0.1) is 0 Å². The minimum atomic E-state index is -3.38. The first-order valence-corrected chi connectivity index (χ1v) is 8.70. The van der Waals surface area contributed by atoms with Gasteiger partial charge in [0.15, 0.2) is 9.84 Å². The average molecular weight is 328 g/mol. The van der Waals surface area contributed by atoms with E-state index < -0.39 is 9.84 Å². The van der Waals surface area contributed by atoms with E-state index in [1.165, 1.54) is 0 Å². The zero-order chi connectivity index (χ0) is 16.3. The lowest BCUT2D eigenvalue weighted by Gasteiger charge is -2.10. The van der Waals surface area contributed by atoms with Crippen molar-refractivity contribution in [3.05, 3.63) is 66.4 Å². The third-order valence-electron chi connectivity index (χ3n) is 3.52. The van der Waals surface area contributed by atoms with Crippen molar-refractivity contribution in [2.24, 2.45) is 0 Å². The second-order valence-corrected chi connectivity index (χ2v) is 7.07. The van der Waals surface area contributed by atoms with Crippen molar-refractivity contribution in [2.75, 3.05) is 7.11 Å². The van der Waals surface area contributed by atoms with Gasteiger partial charge in [-0.1, -0.05) is 24.3 Å². The molecule has 0 aliphatic heterocycles. The molecule has 1 heterocycles. The summed E-state index contributed by atoms with van der Waals surface area (Å²) in [5.74, 6) is 0.534. The largest absolute Gasteiger partial charge is 0.496 e. The minimum Gasteiger partial charge on any atom is -0.496 e. The zero-order valence-electron chi connectivity index (χ0n) is 12.6. The Balaban J connectivity index is 1.93. The van der Waals surface area contributed by atoms with Gasteiger partial charge in [0.25, 0.3) is 0 Å². The van der Waals surface area contributed by atoms with Crippen LogP contribution in [0.1, 0.15) is 5.56 Å². The van der Waals surface area contributed by atoms with Gasteiger partial charge in [0.1, 0.15) is 5.75 Å². The molecule has 118 valence electrons. The van der Waals surface area contributed by atoms with Crippen LogP contribution in [-0.2, 0) is 15.6 Å². The summed E-state index contributed by atoms with van der Waals surface area (Å²) in [6, 6.07) is 15.6. The van der Waals surface area contributed by atoms with E-state index in [1.54, 1.807) is 55.8 Å². The second-order valence-electron chi connectivity index (χ2n) is 5.08. The Hall–Kier alpha value is -2.60. The Morgan fingerprint density at radius 1 is 1.09 bits per heavy atom. The quantitative estimate of drug-likeness (QED) is 0.781. The van der Waals surface area contributed by atoms with Crippen LogP contribution >= 0.6 is 0 Å². The molecule has 0 spiro atoms. The number of sulfone groups is 1. The highest BCUT2D eigenvalue weighted by Crippen LogP contribution is 2.30. The first-order chi connectivity index (χ1) is 11.1. The van der Waals surface area contributed by atoms with Crippen molar-refractivity contribution in [3.8, 4) is 17.0 Å². The van der Waals surface area contributed by atoms with Crippen LogP contribution in [0, 0.1) is 0 Å². The molecule has 3 aromatic rings. The van der Waals surface area contributed by atoms with Crippen LogP contribution in [-0.4, -0.2) is 25.7 Å². The molecule has 0 radical (unpaired) electrons. The number of methoxy groups -OCH3 is 1. The third kappa shape index (κ3) is 3.27. The fraction of sp³-hybridized carbons (Fsp3) is 0.118. The second kappa shape index (κ2) is 6.26. The van der Waals surface area contributed by atoms with Gasteiger partial charge in [0.2, 0.25) is 0 Å². The van der Waals surface area contributed by atoms with Crippen LogP contribution in [0.3, 0.4) is 0 Å². The first kappa shape index (κ1) is 15.3. The van der Waals surface area contributed by atoms with Crippen molar-refractivity contribution in [1.82, 2.24) is 10.2 Å². The van der Waals surface area contributed by atoms with E-state index in [0.717, 1.165) is 11.3 Å². The van der Waals surface area contributed by atoms with Crippen molar-refractivity contribution in [2.45, 2.75) is 10.6 Å². The van der Waals surface area contributed by atoms with Crippen molar-refractivity contribution >= 4 is 9.84 Å². The number of ether oxygens (including phenoxy) is 1. The number of hydrogen-bond donors (Lipinski definition) is 1. The van der Waals surface area contributed by atoms with Crippen LogP contribution in [0.2, 0.25) is 0 Å². The summed E-state index contributed by atoms with van der Waals surface area (Å²) in [6.07, 6.45) is 1.66. The number of H-pyrrole nitrogens is 1. The molecule has 23 heavy (non-hydrogen) atoms. The van der Waals surface area contributed by atoms with E-state index in [4.69, 9.17) is 4.74 Å². The van der Waals surface area contributed by atoms with Gasteiger partial charge in [-0.05, 0) is 35.9 Å². The van der Waals surface area contributed by atoms with E-state index in [1.807, 2.05) is 12.1 Å². The van der Waals surface area contributed by atoms with Gasteiger partial charge in [0, 0.05) is 11.8 Å². The summed E-state index contributed by atoms with van der Waals surface area (Å²) in [6.45, 7) is 0. The molecule has 0 aliphatic rings. The summed E-state index contributed by atoms with van der Waals surface area (Å²) in [5.41, 5.74) is 2.33. The minimum absolute atomic E-state index is 0.0728. The first-order valence-electron chi connectivity index (χ1n) is 7.04. The fourth-order valence-electron chi connectivity index (χ4n) is 2.38. The molecule has 0 aliphatic carbocycles. The number of aromatic amines is 1. The normalized spacial score (nSPS) is 11.3. The molecule has 0 fully saturated rings. The molecule has 3 rings (SSSR count). The topological polar surface area (TPSA) is 72.1 Å². The molecule has 0 unspecified atom stereocenters. The summed E-state index contributed by atoms with van der Waals surface area (Å²) in [4.78, 5) is 0.316. The maximum atomic E-state index is 12.5. The molecule has 2 aromatic carbocycles. The molecular formula is C17H16N2O3S. The van der Waals surface area contributed by atoms with Crippen LogP contribution in [0.5, 0.6) is 5.75 Å². The number of aromatic nitrogens is 2. The molecule has 6 heteroatoms. The Labute approximate surface area is 134 Å². The van der Waals surface area contributed by atoms with Crippen LogP contribution in [0.25, 0.3) is 11.3 Å². The van der Waals surface area contributed by atoms with E-state index in [0.29, 0.717) is 16.2 Å². The maximum Gasteiger partial charge on any atom is 0.182 e. The molecular weight excluding hydrogens is 312 g/mol. The van der Waals surface area contributed by atoms with Crippen molar-refractivity contribution in [1.29, 1.82) is 0 Å². The Kier molecular flexibility index (Phi) is 4.16. The van der Waals surface area contributed by atoms with Crippen LogP contribution in [0.4, 0.5) is 0 Å². The SMILES string of the molecule is COc1cc(CS(=O)(=O)c2ccccc2)ccc1-c1ccn[nH]1. The maximum absolute atomic E-state index is 12.5. The Morgan fingerprint density at radius 3 is 2.52 bits per heavy atom. The number of benzene rings is 2. The van der Waals surface area contributed by atoms with Crippen molar-refractivity contribution in [3.63, 3.8) is 0 Å².